The topological polar surface area (TPSA) is 88.3 Å². The van der Waals surface area contributed by atoms with Crippen LogP contribution in [-0.4, -0.2) is 41.3 Å². The molecule has 0 aromatic carbocycles. The quantitative estimate of drug-likeness (QED) is 0.772. The Morgan fingerprint density at radius 1 is 1.61 bits per heavy atom. The van der Waals surface area contributed by atoms with Crippen LogP contribution >= 0.6 is 0 Å². The van der Waals surface area contributed by atoms with Gasteiger partial charge in [0.1, 0.15) is 5.82 Å². The molecule has 1 aromatic heterocycles. The number of amides is 2. The van der Waals surface area contributed by atoms with E-state index in [4.69, 9.17) is 5.73 Å². The predicted molar refractivity (Wildman–Crippen MR) is 66.8 cm³/mol. The highest BCUT2D eigenvalue weighted by atomic mass is 16.2. The molecule has 2 heterocycles. The van der Waals surface area contributed by atoms with Crippen LogP contribution in [0.2, 0.25) is 0 Å². The lowest BCUT2D eigenvalue weighted by Crippen LogP contribution is -2.48. The maximum Gasteiger partial charge on any atom is 0.251 e. The summed E-state index contributed by atoms with van der Waals surface area (Å²) in [4.78, 5) is 28.8. The van der Waals surface area contributed by atoms with E-state index in [2.05, 4.69) is 10.3 Å². The fraction of sp³-hybridized carbons (Fsp3) is 0.417. The van der Waals surface area contributed by atoms with Gasteiger partial charge in [0.15, 0.2) is 0 Å². The summed E-state index contributed by atoms with van der Waals surface area (Å²) in [5.41, 5.74) is 6.01. The molecule has 0 saturated carbocycles. The minimum Gasteiger partial charge on any atom is -0.384 e. The Hall–Kier alpha value is -2.11. The van der Waals surface area contributed by atoms with Crippen LogP contribution < -0.4 is 11.1 Å². The number of anilines is 1. The first kappa shape index (κ1) is 12.3. The Morgan fingerprint density at radius 3 is 3.06 bits per heavy atom. The zero-order chi connectivity index (χ0) is 13.1. The summed E-state index contributed by atoms with van der Waals surface area (Å²) in [6, 6.07) is 3.14. The van der Waals surface area contributed by atoms with Gasteiger partial charge in [0, 0.05) is 37.8 Å². The average Bonchev–Trinajstić information content (AvgIpc) is 2.34. The third kappa shape index (κ3) is 2.77. The van der Waals surface area contributed by atoms with Crippen LogP contribution in [0.5, 0.6) is 0 Å². The van der Waals surface area contributed by atoms with Crippen molar-refractivity contribution in [3.63, 3.8) is 0 Å². The number of aromatic nitrogens is 1. The number of carbonyl (C=O) groups is 2. The second-order valence-electron chi connectivity index (χ2n) is 4.45. The Kier molecular flexibility index (Phi) is 3.45. The van der Waals surface area contributed by atoms with E-state index in [0.717, 1.165) is 0 Å². The predicted octanol–water partition coefficient (Wildman–Crippen LogP) is 0.0144. The summed E-state index contributed by atoms with van der Waals surface area (Å²) in [7, 11) is 1.74. The van der Waals surface area contributed by atoms with Gasteiger partial charge in [-0.1, -0.05) is 0 Å². The van der Waals surface area contributed by atoms with E-state index in [1.165, 1.54) is 12.3 Å². The maximum absolute atomic E-state index is 12.0. The smallest absolute Gasteiger partial charge is 0.251 e. The van der Waals surface area contributed by atoms with Crippen molar-refractivity contribution < 1.29 is 9.59 Å². The van der Waals surface area contributed by atoms with Crippen molar-refractivity contribution in [3.05, 3.63) is 23.9 Å². The van der Waals surface area contributed by atoms with E-state index < -0.39 is 0 Å². The highest BCUT2D eigenvalue weighted by Crippen LogP contribution is 2.11. The van der Waals surface area contributed by atoms with Gasteiger partial charge >= 0.3 is 0 Å². The summed E-state index contributed by atoms with van der Waals surface area (Å²) >= 11 is 0. The average molecular weight is 248 g/mol. The molecule has 1 aromatic rings. The van der Waals surface area contributed by atoms with Crippen LogP contribution in [0.4, 0.5) is 5.82 Å². The second-order valence-corrected chi connectivity index (χ2v) is 4.45. The molecule has 0 aliphatic carbocycles. The number of likely N-dealkylation sites (tertiary alicyclic amines) is 1. The van der Waals surface area contributed by atoms with Gasteiger partial charge < -0.3 is 16.0 Å². The van der Waals surface area contributed by atoms with Gasteiger partial charge in [-0.2, -0.15) is 0 Å². The summed E-state index contributed by atoms with van der Waals surface area (Å²) in [5.74, 6) is 0.254. The van der Waals surface area contributed by atoms with Gasteiger partial charge in [0.2, 0.25) is 5.91 Å². The minimum atomic E-state index is -0.183. The molecular formula is C12H16N4O2. The standard InChI is InChI=1S/C12H16N4O2/c1-16-7-9(2-3-11(16)17)15-12(18)8-4-5-14-10(13)6-8/h4-6,9H,2-3,7H2,1H3,(H2,13,14)(H,15,18). The number of likely N-dealkylation sites (N-methyl/N-ethyl adjacent to an activating group) is 1. The molecule has 6 heteroatoms. The van der Waals surface area contributed by atoms with Crippen LogP contribution in [0.15, 0.2) is 18.3 Å². The normalized spacial score (nSPS) is 19.7. The molecule has 2 rings (SSSR count). The van der Waals surface area contributed by atoms with Crippen LogP contribution in [-0.2, 0) is 4.79 Å². The molecule has 2 amide bonds. The van der Waals surface area contributed by atoms with Crippen LogP contribution in [0.3, 0.4) is 0 Å². The first-order valence-electron chi connectivity index (χ1n) is 5.82. The largest absolute Gasteiger partial charge is 0.384 e. The number of hydrogen-bond donors (Lipinski definition) is 2. The van der Waals surface area contributed by atoms with E-state index >= 15 is 0 Å². The molecule has 1 unspecified atom stereocenters. The SMILES string of the molecule is CN1CC(NC(=O)c2ccnc(N)c2)CCC1=O. The van der Waals surface area contributed by atoms with Crippen LogP contribution in [0.1, 0.15) is 23.2 Å². The summed E-state index contributed by atoms with van der Waals surface area (Å²) < 4.78 is 0. The first-order valence-corrected chi connectivity index (χ1v) is 5.82. The van der Waals surface area contributed by atoms with Crippen molar-refractivity contribution in [3.8, 4) is 0 Å². The van der Waals surface area contributed by atoms with Crippen LogP contribution in [0.25, 0.3) is 0 Å². The number of hydrogen-bond acceptors (Lipinski definition) is 4. The molecule has 1 saturated heterocycles. The van der Waals surface area contributed by atoms with E-state index in [1.54, 1.807) is 18.0 Å². The Bertz CT molecular complexity index is 475. The zero-order valence-electron chi connectivity index (χ0n) is 10.2. The molecule has 6 nitrogen and oxygen atoms in total. The molecule has 1 aliphatic rings. The third-order valence-corrected chi connectivity index (χ3v) is 3.01. The number of nitrogen functional groups attached to an aromatic ring is 1. The third-order valence-electron chi connectivity index (χ3n) is 3.01. The number of nitrogens with zero attached hydrogens (tertiary/aromatic N) is 2. The lowest BCUT2D eigenvalue weighted by atomic mass is 10.1. The van der Waals surface area contributed by atoms with Gasteiger partial charge in [-0.25, -0.2) is 4.98 Å². The summed E-state index contributed by atoms with van der Waals surface area (Å²) in [6.45, 7) is 0.547. The number of nitrogens with one attached hydrogen (secondary N) is 1. The molecule has 1 aliphatic heterocycles. The fourth-order valence-corrected chi connectivity index (χ4v) is 1.99. The molecule has 1 fully saturated rings. The van der Waals surface area contributed by atoms with Crippen molar-refractivity contribution in [2.45, 2.75) is 18.9 Å². The first-order chi connectivity index (χ1) is 8.56. The second kappa shape index (κ2) is 5.03. The molecule has 0 spiro atoms. The molecule has 0 radical (unpaired) electrons. The van der Waals surface area contributed by atoms with Crippen molar-refractivity contribution in [1.29, 1.82) is 0 Å². The summed E-state index contributed by atoms with van der Waals surface area (Å²) in [6.07, 6.45) is 2.65. The van der Waals surface area contributed by atoms with E-state index in [9.17, 15) is 9.59 Å². The number of pyridine rings is 1. The fourth-order valence-electron chi connectivity index (χ4n) is 1.99. The Morgan fingerprint density at radius 2 is 2.39 bits per heavy atom. The highest BCUT2D eigenvalue weighted by Gasteiger charge is 2.24. The van der Waals surface area contributed by atoms with Crippen molar-refractivity contribution in [1.82, 2.24) is 15.2 Å². The molecule has 3 N–H and O–H groups in total. The lowest BCUT2D eigenvalue weighted by Gasteiger charge is -2.30. The van der Waals surface area contributed by atoms with Crippen molar-refractivity contribution in [2.75, 3.05) is 19.3 Å². The molecule has 96 valence electrons. The minimum absolute atomic E-state index is 0.00501. The van der Waals surface area contributed by atoms with Gasteiger partial charge in [-0.05, 0) is 18.6 Å². The van der Waals surface area contributed by atoms with Crippen molar-refractivity contribution in [2.24, 2.45) is 0 Å². The Balaban J connectivity index is 1.98. The number of rotatable bonds is 2. The molecule has 18 heavy (non-hydrogen) atoms. The Labute approximate surface area is 105 Å². The summed E-state index contributed by atoms with van der Waals surface area (Å²) in [5, 5.41) is 2.90. The lowest BCUT2D eigenvalue weighted by molar-refractivity contribution is -0.132. The monoisotopic (exact) mass is 248 g/mol. The number of nitrogens with two attached hydrogens (primary N) is 1. The van der Waals surface area contributed by atoms with E-state index in [1.807, 2.05) is 0 Å². The van der Waals surface area contributed by atoms with Gasteiger partial charge in [0.05, 0.1) is 0 Å². The maximum atomic E-state index is 12.0. The van der Waals surface area contributed by atoms with Gasteiger partial charge in [-0.3, -0.25) is 9.59 Å². The number of carbonyl (C=O) groups excluding carboxylic acids is 2. The van der Waals surface area contributed by atoms with E-state index in [-0.39, 0.29) is 17.9 Å². The molecule has 1 atom stereocenters. The van der Waals surface area contributed by atoms with Crippen LogP contribution in [0, 0.1) is 0 Å². The molecule has 0 bridgehead atoms. The highest BCUT2D eigenvalue weighted by molar-refractivity contribution is 5.95. The van der Waals surface area contributed by atoms with E-state index in [0.29, 0.717) is 30.8 Å². The molecular weight excluding hydrogens is 232 g/mol. The van der Waals surface area contributed by atoms with Gasteiger partial charge in [0.25, 0.3) is 5.91 Å². The zero-order valence-corrected chi connectivity index (χ0v) is 10.2. The number of piperidine rings is 1. The van der Waals surface area contributed by atoms with Crippen molar-refractivity contribution >= 4 is 17.6 Å². The van der Waals surface area contributed by atoms with Gasteiger partial charge in [-0.15, -0.1) is 0 Å².